The zero-order valence-electron chi connectivity index (χ0n) is 15.6. The fourth-order valence-electron chi connectivity index (χ4n) is 2.65. The van der Waals surface area contributed by atoms with Crippen molar-refractivity contribution >= 4 is 29.3 Å². The third-order valence-corrected chi connectivity index (χ3v) is 4.14. The lowest BCUT2D eigenvalue weighted by Crippen LogP contribution is -2.37. The smallest absolute Gasteiger partial charge is 0.336 e. The van der Waals surface area contributed by atoms with Gasteiger partial charge in [-0.15, -0.1) is 0 Å². The summed E-state index contributed by atoms with van der Waals surface area (Å²) in [7, 11) is 0. The van der Waals surface area contributed by atoms with Crippen LogP contribution in [0.25, 0.3) is 0 Å². The molecule has 0 heterocycles. The summed E-state index contributed by atoms with van der Waals surface area (Å²) in [6, 6.07) is 11.5. The quantitative estimate of drug-likeness (QED) is 0.159. The largest absolute Gasteiger partial charge is 0.478 e. The molecule has 8 N–H and O–H groups in total. The Morgan fingerprint density at radius 2 is 1.76 bits per heavy atom. The number of guanidine groups is 1. The Bertz CT molecular complexity index is 914. The summed E-state index contributed by atoms with van der Waals surface area (Å²) >= 11 is 0. The van der Waals surface area contributed by atoms with E-state index in [1.807, 2.05) is 0 Å². The topological polar surface area (TPSA) is 171 Å². The molecule has 0 saturated heterocycles. The molecule has 29 heavy (non-hydrogen) atoms. The highest BCUT2D eigenvalue weighted by atomic mass is 16.4. The number of amides is 1. The Kier molecular flexibility index (Phi) is 7.44. The number of ketones is 1. The van der Waals surface area contributed by atoms with Crippen LogP contribution in [0.5, 0.6) is 0 Å². The summed E-state index contributed by atoms with van der Waals surface area (Å²) in [5, 5.41) is 21.7. The normalized spacial score (nSPS) is 11.3. The highest BCUT2D eigenvalue weighted by Gasteiger charge is 2.20. The molecule has 0 unspecified atom stereocenters. The second kappa shape index (κ2) is 10.00. The van der Waals surface area contributed by atoms with Crippen molar-refractivity contribution in [2.75, 3.05) is 11.9 Å². The van der Waals surface area contributed by atoms with E-state index in [9.17, 15) is 19.5 Å². The van der Waals surface area contributed by atoms with Gasteiger partial charge in [-0.25, -0.2) is 4.79 Å². The van der Waals surface area contributed by atoms with Crippen LogP contribution in [0.15, 0.2) is 48.5 Å². The van der Waals surface area contributed by atoms with Gasteiger partial charge < -0.3 is 27.2 Å². The number of carboxylic acids is 1. The zero-order valence-corrected chi connectivity index (χ0v) is 15.6. The Morgan fingerprint density at radius 3 is 2.38 bits per heavy atom. The van der Waals surface area contributed by atoms with Crippen LogP contribution in [0.2, 0.25) is 0 Å². The van der Waals surface area contributed by atoms with Crippen molar-refractivity contribution in [3.63, 3.8) is 0 Å². The maximum atomic E-state index is 12.7. The first kappa shape index (κ1) is 21.6. The van der Waals surface area contributed by atoms with Crippen molar-refractivity contribution in [3.05, 3.63) is 65.2 Å². The molecule has 0 spiro atoms. The van der Waals surface area contributed by atoms with Crippen LogP contribution in [0.1, 0.15) is 39.1 Å². The van der Waals surface area contributed by atoms with Gasteiger partial charge in [0.15, 0.2) is 11.7 Å². The van der Waals surface area contributed by atoms with Crippen LogP contribution >= 0.6 is 0 Å². The first-order valence-corrected chi connectivity index (χ1v) is 8.91. The molecule has 1 amide bonds. The molecule has 2 aromatic carbocycles. The minimum absolute atomic E-state index is 0.0271. The van der Waals surface area contributed by atoms with Gasteiger partial charge in [0.2, 0.25) is 5.91 Å². The minimum atomic E-state index is -1.24. The van der Waals surface area contributed by atoms with Gasteiger partial charge in [0.25, 0.3) is 0 Å². The lowest BCUT2D eigenvalue weighted by Gasteiger charge is -2.14. The Labute approximate surface area is 167 Å². The molecule has 0 aromatic heterocycles. The van der Waals surface area contributed by atoms with Crippen molar-refractivity contribution in [3.8, 4) is 0 Å². The van der Waals surface area contributed by atoms with E-state index in [1.165, 1.54) is 18.2 Å². The van der Waals surface area contributed by atoms with E-state index in [0.29, 0.717) is 24.9 Å². The van der Waals surface area contributed by atoms with Gasteiger partial charge in [-0.05, 0) is 31.0 Å². The molecule has 0 aliphatic rings. The van der Waals surface area contributed by atoms with Gasteiger partial charge in [0.05, 0.1) is 11.6 Å². The van der Waals surface area contributed by atoms with E-state index < -0.39 is 23.7 Å². The van der Waals surface area contributed by atoms with Crippen LogP contribution in [0.3, 0.4) is 0 Å². The molecule has 0 saturated carbocycles. The summed E-state index contributed by atoms with van der Waals surface area (Å²) in [6.07, 6.45) is 0.888. The Balaban J connectivity index is 2.13. The number of nitrogens with one attached hydrogen (secondary N) is 3. The third-order valence-electron chi connectivity index (χ3n) is 4.14. The first-order chi connectivity index (χ1) is 13.8. The molecule has 0 aliphatic carbocycles. The maximum Gasteiger partial charge on any atom is 0.336 e. The molecule has 0 fully saturated rings. The van der Waals surface area contributed by atoms with Crippen molar-refractivity contribution in [1.29, 1.82) is 5.41 Å². The minimum Gasteiger partial charge on any atom is -0.478 e. The molecule has 2 aromatic rings. The second-order valence-corrected chi connectivity index (χ2v) is 6.34. The monoisotopic (exact) mass is 397 g/mol. The molecule has 9 nitrogen and oxygen atoms in total. The number of rotatable bonds is 9. The molecule has 0 radical (unpaired) electrons. The number of carboxylic acid groups (broad SMARTS) is 1. The van der Waals surface area contributed by atoms with Gasteiger partial charge >= 0.3 is 5.97 Å². The van der Waals surface area contributed by atoms with E-state index in [0.717, 1.165) is 0 Å². The predicted octanol–water partition coefficient (Wildman–Crippen LogP) is 1.14. The molecular weight excluding hydrogens is 374 g/mol. The van der Waals surface area contributed by atoms with Crippen molar-refractivity contribution in [2.45, 2.75) is 18.9 Å². The summed E-state index contributed by atoms with van der Waals surface area (Å²) in [6.45, 7) is 0.416. The van der Waals surface area contributed by atoms with E-state index in [-0.39, 0.29) is 22.8 Å². The standard InChI is InChI=1S/C20H23N5O4/c21-16(7-4-10-24-20(22)23)18(27)25-13-8-9-14(19(28)29)15(11-13)17(26)12-5-2-1-3-6-12/h1-3,5-6,8-9,11,16H,4,7,10,21H2,(H,25,27)(H,28,29)(H4,22,23,24)/t16-/m0/s1. The molecule has 2 rings (SSSR count). The summed E-state index contributed by atoms with van der Waals surface area (Å²) in [5.74, 6) is -2.32. The van der Waals surface area contributed by atoms with Crippen LogP contribution < -0.4 is 22.1 Å². The van der Waals surface area contributed by atoms with Crippen LogP contribution in [0, 0.1) is 5.41 Å². The molecule has 152 valence electrons. The number of hydrogen-bond acceptors (Lipinski definition) is 5. The van der Waals surface area contributed by atoms with Gasteiger partial charge in [-0.2, -0.15) is 0 Å². The van der Waals surface area contributed by atoms with E-state index in [1.54, 1.807) is 30.3 Å². The van der Waals surface area contributed by atoms with E-state index in [2.05, 4.69) is 10.6 Å². The molecule has 1 atom stereocenters. The second-order valence-electron chi connectivity index (χ2n) is 6.34. The van der Waals surface area contributed by atoms with Crippen LogP contribution in [-0.2, 0) is 4.79 Å². The molecular formula is C20H23N5O4. The fourth-order valence-corrected chi connectivity index (χ4v) is 2.65. The van der Waals surface area contributed by atoms with E-state index in [4.69, 9.17) is 16.9 Å². The highest BCUT2D eigenvalue weighted by molar-refractivity contribution is 6.15. The molecule has 0 aliphatic heterocycles. The van der Waals surface area contributed by atoms with Crippen LogP contribution in [-0.4, -0.2) is 41.3 Å². The van der Waals surface area contributed by atoms with E-state index >= 15 is 0 Å². The number of carbonyl (C=O) groups is 3. The van der Waals surface area contributed by atoms with Crippen molar-refractivity contribution in [1.82, 2.24) is 5.32 Å². The van der Waals surface area contributed by atoms with Gasteiger partial charge in [-0.3, -0.25) is 15.0 Å². The van der Waals surface area contributed by atoms with Gasteiger partial charge in [-0.1, -0.05) is 30.3 Å². The lowest BCUT2D eigenvalue weighted by molar-refractivity contribution is -0.117. The lowest BCUT2D eigenvalue weighted by atomic mass is 9.97. The number of aromatic carboxylic acids is 1. The fraction of sp³-hybridized carbons (Fsp3) is 0.200. The molecule has 0 bridgehead atoms. The average Bonchev–Trinajstić information content (AvgIpc) is 2.70. The number of carbonyl (C=O) groups excluding carboxylic acids is 2. The third kappa shape index (κ3) is 6.15. The average molecular weight is 397 g/mol. The number of anilines is 1. The molecule has 9 heteroatoms. The SMILES string of the molecule is N=C(N)NCCC[C@H](N)C(=O)Nc1ccc(C(=O)O)c(C(=O)c2ccccc2)c1. The Morgan fingerprint density at radius 1 is 1.07 bits per heavy atom. The maximum absolute atomic E-state index is 12.7. The zero-order chi connectivity index (χ0) is 21.4. The number of nitrogens with two attached hydrogens (primary N) is 2. The first-order valence-electron chi connectivity index (χ1n) is 8.91. The van der Waals surface area contributed by atoms with Crippen molar-refractivity contribution < 1.29 is 19.5 Å². The van der Waals surface area contributed by atoms with Gasteiger partial charge in [0.1, 0.15) is 0 Å². The summed E-state index contributed by atoms with van der Waals surface area (Å²) in [5.41, 5.74) is 11.5. The van der Waals surface area contributed by atoms with Crippen molar-refractivity contribution in [2.24, 2.45) is 11.5 Å². The highest BCUT2D eigenvalue weighted by Crippen LogP contribution is 2.20. The number of hydrogen-bond donors (Lipinski definition) is 6. The summed E-state index contributed by atoms with van der Waals surface area (Å²) < 4.78 is 0. The van der Waals surface area contributed by atoms with Gasteiger partial charge in [0, 0.05) is 23.4 Å². The Hall–Kier alpha value is -3.72. The predicted molar refractivity (Wildman–Crippen MR) is 109 cm³/mol. The van der Waals surface area contributed by atoms with Crippen LogP contribution in [0.4, 0.5) is 5.69 Å². The number of benzene rings is 2. The summed E-state index contributed by atoms with van der Waals surface area (Å²) in [4.78, 5) is 36.5.